The van der Waals surface area contributed by atoms with Gasteiger partial charge in [0, 0.05) is 18.3 Å². The largest absolute Gasteiger partial charge is 0.462 e. The van der Waals surface area contributed by atoms with Crippen LogP contribution in [-0.4, -0.2) is 29.1 Å². The Hall–Kier alpha value is -0.900. The number of carbonyl (C=O) groups is 2. The summed E-state index contributed by atoms with van der Waals surface area (Å²) in [6.45, 7) is 9.60. The van der Waals surface area contributed by atoms with Crippen LogP contribution >= 0.6 is 0 Å². The van der Waals surface area contributed by atoms with Gasteiger partial charge in [0.1, 0.15) is 12.4 Å². The van der Waals surface area contributed by atoms with E-state index >= 15 is 0 Å². The van der Waals surface area contributed by atoms with Crippen molar-refractivity contribution in [1.82, 2.24) is 0 Å². The summed E-state index contributed by atoms with van der Waals surface area (Å²) < 4.78 is 5.53. The molecule has 5 unspecified atom stereocenters. The summed E-state index contributed by atoms with van der Waals surface area (Å²) in [5.41, 5.74) is -1.35. The molecule has 4 heteroatoms. The van der Waals surface area contributed by atoms with Gasteiger partial charge in [0.05, 0.1) is 5.60 Å². The molecular formula is C17H28O4. The van der Waals surface area contributed by atoms with Crippen molar-refractivity contribution in [1.29, 1.82) is 0 Å². The molecule has 120 valence electrons. The maximum Gasteiger partial charge on any atom is 0.302 e. The molecule has 2 aliphatic carbocycles. The number of rotatable bonds is 2. The second-order valence-corrected chi connectivity index (χ2v) is 8.03. The zero-order chi connectivity index (χ0) is 16.1. The number of fused-ring (bicyclic) bond motifs is 1. The molecule has 21 heavy (non-hydrogen) atoms. The van der Waals surface area contributed by atoms with E-state index in [-0.39, 0.29) is 34.7 Å². The van der Waals surface area contributed by atoms with Crippen LogP contribution in [0.2, 0.25) is 0 Å². The highest BCUT2D eigenvalue weighted by atomic mass is 16.5. The highest BCUT2D eigenvalue weighted by molar-refractivity contribution is 5.66. The maximum atomic E-state index is 11.7. The highest BCUT2D eigenvalue weighted by Crippen LogP contribution is 2.61. The van der Waals surface area contributed by atoms with E-state index in [1.54, 1.807) is 6.92 Å². The third-order valence-corrected chi connectivity index (χ3v) is 6.23. The molecule has 2 fully saturated rings. The molecule has 0 aromatic rings. The number of hydrogen-bond donors (Lipinski definition) is 1. The van der Waals surface area contributed by atoms with Gasteiger partial charge >= 0.3 is 5.97 Å². The molecule has 0 spiro atoms. The van der Waals surface area contributed by atoms with E-state index in [4.69, 9.17) is 4.74 Å². The molecule has 1 N–H and O–H groups in total. The predicted octanol–water partition coefficient (Wildman–Crippen LogP) is 2.72. The first-order chi connectivity index (χ1) is 9.55. The van der Waals surface area contributed by atoms with Crippen LogP contribution in [-0.2, 0) is 14.3 Å². The van der Waals surface area contributed by atoms with Crippen molar-refractivity contribution in [3.05, 3.63) is 0 Å². The fourth-order valence-electron chi connectivity index (χ4n) is 5.15. The van der Waals surface area contributed by atoms with E-state index in [2.05, 4.69) is 20.8 Å². The molecule has 0 saturated heterocycles. The van der Waals surface area contributed by atoms with Crippen LogP contribution < -0.4 is 0 Å². The number of ether oxygens (including phenoxy) is 1. The molecule has 0 amide bonds. The number of carbonyl (C=O) groups excluding carboxylic acids is 2. The summed E-state index contributed by atoms with van der Waals surface area (Å²) in [5, 5.41) is 10.6. The zero-order valence-electron chi connectivity index (χ0n) is 13.8. The van der Waals surface area contributed by atoms with E-state index < -0.39 is 5.60 Å². The second kappa shape index (κ2) is 5.08. The van der Waals surface area contributed by atoms with E-state index in [9.17, 15) is 14.7 Å². The summed E-state index contributed by atoms with van der Waals surface area (Å²) in [6, 6.07) is 0. The molecule has 5 atom stereocenters. The van der Waals surface area contributed by atoms with Crippen LogP contribution in [0.4, 0.5) is 0 Å². The maximum absolute atomic E-state index is 11.7. The lowest BCUT2D eigenvalue weighted by atomic mass is 9.45. The van der Waals surface area contributed by atoms with Crippen molar-refractivity contribution in [2.24, 2.45) is 22.7 Å². The number of hydrogen-bond acceptors (Lipinski definition) is 4. The van der Waals surface area contributed by atoms with Crippen LogP contribution in [0.25, 0.3) is 0 Å². The van der Waals surface area contributed by atoms with E-state index in [1.165, 1.54) is 6.92 Å². The Balaban J connectivity index is 2.36. The van der Waals surface area contributed by atoms with Gasteiger partial charge in [0.2, 0.25) is 0 Å². The number of aldehydes is 1. The van der Waals surface area contributed by atoms with Crippen LogP contribution in [0.3, 0.4) is 0 Å². The topological polar surface area (TPSA) is 63.6 Å². The lowest BCUT2D eigenvalue weighted by Gasteiger charge is -2.61. The monoisotopic (exact) mass is 296 g/mol. The number of esters is 1. The van der Waals surface area contributed by atoms with Gasteiger partial charge in [-0.2, -0.15) is 0 Å². The molecule has 0 heterocycles. The van der Waals surface area contributed by atoms with Crippen molar-refractivity contribution >= 4 is 12.3 Å². The SMILES string of the molecule is CC(=O)OC1CCC2(C)C(C=O)C(C)(O)CCC2C1(C)C. The second-order valence-electron chi connectivity index (χ2n) is 8.03. The molecule has 0 radical (unpaired) electrons. The van der Waals surface area contributed by atoms with Gasteiger partial charge in [-0.3, -0.25) is 4.79 Å². The van der Waals surface area contributed by atoms with Crippen molar-refractivity contribution < 1.29 is 19.4 Å². The molecule has 2 rings (SSSR count). The molecule has 0 aliphatic heterocycles. The molecule has 2 aliphatic rings. The Morgan fingerprint density at radius 1 is 1.19 bits per heavy atom. The Bertz CT molecular complexity index is 440. The Kier molecular flexibility index (Phi) is 3.98. The van der Waals surface area contributed by atoms with Crippen molar-refractivity contribution in [3.8, 4) is 0 Å². The summed E-state index contributed by atoms with van der Waals surface area (Å²) >= 11 is 0. The van der Waals surface area contributed by atoms with Crippen molar-refractivity contribution in [2.45, 2.75) is 72.0 Å². The minimum atomic E-state index is -0.933. The summed E-state index contributed by atoms with van der Waals surface area (Å²) in [4.78, 5) is 23.0. The van der Waals surface area contributed by atoms with Crippen LogP contribution in [0, 0.1) is 22.7 Å². The average Bonchev–Trinajstić information content (AvgIpc) is 2.31. The lowest BCUT2D eigenvalue weighted by molar-refractivity contribution is -0.202. The van der Waals surface area contributed by atoms with Gasteiger partial charge < -0.3 is 14.6 Å². The smallest absolute Gasteiger partial charge is 0.302 e. The highest BCUT2D eigenvalue weighted by Gasteiger charge is 2.61. The molecule has 4 nitrogen and oxygen atoms in total. The first-order valence-corrected chi connectivity index (χ1v) is 7.90. The lowest BCUT2D eigenvalue weighted by Crippen LogP contribution is -2.61. The van der Waals surface area contributed by atoms with Gasteiger partial charge in [-0.15, -0.1) is 0 Å². The van der Waals surface area contributed by atoms with E-state index in [0.29, 0.717) is 6.42 Å². The Morgan fingerprint density at radius 2 is 1.81 bits per heavy atom. The molecule has 0 bridgehead atoms. The quantitative estimate of drug-likeness (QED) is 0.628. The zero-order valence-corrected chi connectivity index (χ0v) is 13.8. The van der Waals surface area contributed by atoms with Crippen molar-refractivity contribution in [2.75, 3.05) is 0 Å². The summed E-state index contributed by atoms with van der Waals surface area (Å²) in [5.74, 6) is -0.341. The minimum Gasteiger partial charge on any atom is -0.462 e. The third kappa shape index (κ3) is 2.52. The first-order valence-electron chi connectivity index (χ1n) is 7.90. The normalized spacial score (nSPS) is 45.5. The summed E-state index contributed by atoms with van der Waals surface area (Å²) in [6.07, 6.45) is 3.86. The third-order valence-electron chi connectivity index (χ3n) is 6.23. The Labute approximate surface area is 127 Å². The standard InChI is InChI=1S/C17H28O4/c1-11(19)21-14-7-8-16(4)12(15(14,2)3)6-9-17(5,20)13(16)10-18/h10,12-14,20H,6-9H2,1-5H3. The fraction of sp³-hybridized carbons (Fsp3) is 0.882. The van der Waals surface area contributed by atoms with Gasteiger partial charge in [-0.25, -0.2) is 0 Å². The summed E-state index contributed by atoms with van der Waals surface area (Å²) in [7, 11) is 0. The van der Waals surface area contributed by atoms with Crippen LogP contribution in [0.5, 0.6) is 0 Å². The average molecular weight is 296 g/mol. The fourth-order valence-corrected chi connectivity index (χ4v) is 5.15. The molecule has 0 aromatic carbocycles. The first kappa shape index (κ1) is 16.5. The van der Waals surface area contributed by atoms with E-state index in [0.717, 1.165) is 25.5 Å². The van der Waals surface area contributed by atoms with Gasteiger partial charge in [-0.1, -0.05) is 20.8 Å². The number of aliphatic hydroxyl groups is 1. The molecule has 2 saturated carbocycles. The Morgan fingerprint density at radius 3 is 2.33 bits per heavy atom. The minimum absolute atomic E-state index is 0.108. The van der Waals surface area contributed by atoms with E-state index in [1.807, 2.05) is 0 Å². The molecular weight excluding hydrogens is 268 g/mol. The van der Waals surface area contributed by atoms with Gasteiger partial charge in [-0.05, 0) is 43.9 Å². The van der Waals surface area contributed by atoms with Gasteiger partial charge in [0.15, 0.2) is 0 Å². The van der Waals surface area contributed by atoms with Gasteiger partial charge in [0.25, 0.3) is 0 Å². The van der Waals surface area contributed by atoms with Crippen LogP contribution in [0.15, 0.2) is 0 Å². The molecule has 0 aromatic heterocycles. The predicted molar refractivity (Wildman–Crippen MR) is 79.6 cm³/mol. The van der Waals surface area contributed by atoms with Crippen LogP contribution in [0.1, 0.15) is 60.3 Å². The van der Waals surface area contributed by atoms with Crippen molar-refractivity contribution in [3.63, 3.8) is 0 Å².